The number of amides is 1. The molecule has 0 radical (unpaired) electrons. The van der Waals surface area contributed by atoms with Crippen LogP contribution in [0.25, 0.3) is 6.08 Å². The van der Waals surface area contributed by atoms with Crippen LogP contribution in [0.2, 0.25) is 0 Å². The maximum Gasteiger partial charge on any atom is 0.266 e. The molecule has 0 saturated carbocycles. The molecule has 6 heteroatoms. The largest absolute Gasteiger partial charge is 0.490 e. The predicted octanol–water partition coefficient (Wildman–Crippen LogP) is 5.35. The number of halogens is 1. The van der Waals surface area contributed by atoms with E-state index >= 15 is 0 Å². The van der Waals surface area contributed by atoms with Gasteiger partial charge in [0.2, 0.25) is 0 Å². The molecule has 0 bridgehead atoms. The van der Waals surface area contributed by atoms with E-state index in [0.717, 1.165) is 6.42 Å². The molecule has 1 N–H and O–H groups in total. The maximum atomic E-state index is 12.5. The summed E-state index contributed by atoms with van der Waals surface area (Å²) in [5, 5.41) is 12.2. The number of carbonyl (C=O) groups is 1. The van der Waals surface area contributed by atoms with Gasteiger partial charge in [0, 0.05) is 5.69 Å². The Hall–Kier alpha value is -2.78. The van der Waals surface area contributed by atoms with Crippen molar-refractivity contribution in [2.45, 2.75) is 27.2 Å². The van der Waals surface area contributed by atoms with Crippen LogP contribution in [-0.4, -0.2) is 19.1 Å². The van der Waals surface area contributed by atoms with E-state index in [0.29, 0.717) is 40.4 Å². The molecule has 0 aliphatic rings. The second-order valence-corrected chi connectivity index (χ2v) is 6.72. The maximum absolute atomic E-state index is 12.5. The zero-order valence-corrected chi connectivity index (χ0v) is 17.8. The van der Waals surface area contributed by atoms with Crippen LogP contribution in [0.15, 0.2) is 46.4 Å². The predicted molar refractivity (Wildman–Crippen MR) is 115 cm³/mol. The van der Waals surface area contributed by atoms with E-state index in [1.807, 2.05) is 44.2 Å². The quantitative estimate of drug-likeness (QED) is 0.441. The Labute approximate surface area is 174 Å². The molecule has 28 heavy (non-hydrogen) atoms. The van der Waals surface area contributed by atoms with Crippen LogP contribution in [0.1, 0.15) is 31.9 Å². The van der Waals surface area contributed by atoms with Gasteiger partial charge in [-0.3, -0.25) is 4.79 Å². The Balaban J connectivity index is 2.29. The molecule has 0 spiro atoms. The first-order chi connectivity index (χ1) is 13.5. The highest BCUT2D eigenvalue weighted by atomic mass is 79.9. The molecule has 0 saturated heterocycles. The molecule has 0 fully saturated rings. The minimum absolute atomic E-state index is 0.00178. The standard InChI is InChI=1S/C22H23BrN2O3/c1-4-15-7-9-18(10-8-15)25-22(26)17(14-24)11-16-12-19(23)21(28-6-3)20(13-16)27-5-2/h7-13H,4-6H2,1-3H3,(H,25,26)/b17-11-. The smallest absolute Gasteiger partial charge is 0.266 e. The van der Waals surface area contributed by atoms with Gasteiger partial charge in [-0.2, -0.15) is 5.26 Å². The monoisotopic (exact) mass is 442 g/mol. The second-order valence-electron chi connectivity index (χ2n) is 5.87. The highest BCUT2D eigenvalue weighted by molar-refractivity contribution is 9.10. The Morgan fingerprint density at radius 3 is 2.39 bits per heavy atom. The lowest BCUT2D eigenvalue weighted by molar-refractivity contribution is -0.112. The first kappa shape index (κ1) is 21.5. The van der Waals surface area contributed by atoms with Gasteiger partial charge >= 0.3 is 0 Å². The van der Waals surface area contributed by atoms with Crippen LogP contribution in [0.5, 0.6) is 11.5 Å². The molecule has 1 amide bonds. The average molecular weight is 443 g/mol. The van der Waals surface area contributed by atoms with Gasteiger partial charge in [0.05, 0.1) is 17.7 Å². The molecular weight excluding hydrogens is 420 g/mol. The first-order valence-corrected chi connectivity index (χ1v) is 9.92. The summed E-state index contributed by atoms with van der Waals surface area (Å²) in [6.45, 7) is 6.80. The van der Waals surface area contributed by atoms with Crippen LogP contribution in [-0.2, 0) is 11.2 Å². The number of nitrogens with zero attached hydrogens (tertiary/aromatic N) is 1. The van der Waals surface area contributed by atoms with Crippen LogP contribution >= 0.6 is 15.9 Å². The first-order valence-electron chi connectivity index (χ1n) is 9.13. The lowest BCUT2D eigenvalue weighted by atomic mass is 10.1. The molecule has 5 nitrogen and oxygen atoms in total. The van der Waals surface area contributed by atoms with Crippen LogP contribution < -0.4 is 14.8 Å². The van der Waals surface area contributed by atoms with Gasteiger partial charge in [0.15, 0.2) is 11.5 Å². The Bertz CT molecular complexity index is 899. The molecule has 146 valence electrons. The van der Waals surface area contributed by atoms with E-state index in [9.17, 15) is 10.1 Å². The summed E-state index contributed by atoms with van der Waals surface area (Å²) in [6.07, 6.45) is 2.45. The van der Waals surface area contributed by atoms with Crippen molar-refractivity contribution >= 4 is 33.6 Å². The molecule has 0 aliphatic carbocycles. The van der Waals surface area contributed by atoms with Gasteiger partial charge in [0.1, 0.15) is 11.6 Å². The van der Waals surface area contributed by atoms with Crippen LogP contribution in [0.3, 0.4) is 0 Å². The Morgan fingerprint density at radius 2 is 1.82 bits per heavy atom. The lowest BCUT2D eigenvalue weighted by Crippen LogP contribution is -2.13. The second kappa shape index (κ2) is 10.5. The fourth-order valence-corrected chi connectivity index (χ4v) is 3.13. The van der Waals surface area contributed by atoms with E-state index in [1.165, 1.54) is 11.6 Å². The van der Waals surface area contributed by atoms with E-state index in [1.54, 1.807) is 12.1 Å². The third-order valence-electron chi connectivity index (χ3n) is 3.92. The summed E-state index contributed by atoms with van der Waals surface area (Å²) in [5.74, 6) is 0.688. The number of benzene rings is 2. The summed E-state index contributed by atoms with van der Waals surface area (Å²) in [7, 11) is 0. The van der Waals surface area contributed by atoms with E-state index < -0.39 is 5.91 Å². The van der Waals surface area contributed by atoms with Crippen molar-refractivity contribution < 1.29 is 14.3 Å². The van der Waals surface area contributed by atoms with Gasteiger partial charge < -0.3 is 14.8 Å². The number of aryl methyl sites for hydroxylation is 1. The van der Waals surface area contributed by atoms with E-state index in [-0.39, 0.29) is 5.57 Å². The number of nitrogens with one attached hydrogen (secondary N) is 1. The molecule has 0 aromatic heterocycles. The number of rotatable bonds is 8. The van der Waals surface area contributed by atoms with Gasteiger partial charge in [-0.25, -0.2) is 0 Å². The number of anilines is 1. The fraction of sp³-hybridized carbons (Fsp3) is 0.273. The lowest BCUT2D eigenvalue weighted by Gasteiger charge is -2.13. The SMILES string of the molecule is CCOc1cc(/C=C(/C#N)C(=O)Nc2ccc(CC)cc2)cc(Br)c1OCC. The van der Waals surface area contributed by atoms with Crippen molar-refractivity contribution in [2.75, 3.05) is 18.5 Å². The average Bonchev–Trinajstić information content (AvgIpc) is 2.69. The van der Waals surface area contributed by atoms with Crippen molar-refractivity contribution in [3.05, 3.63) is 57.6 Å². The van der Waals surface area contributed by atoms with Crippen molar-refractivity contribution in [3.8, 4) is 17.6 Å². The summed E-state index contributed by atoms with van der Waals surface area (Å²) < 4.78 is 11.9. The fourth-order valence-electron chi connectivity index (χ4n) is 2.56. The summed E-state index contributed by atoms with van der Waals surface area (Å²) >= 11 is 3.47. The van der Waals surface area contributed by atoms with E-state index in [2.05, 4.69) is 28.2 Å². The molecule has 2 rings (SSSR count). The number of hydrogen-bond donors (Lipinski definition) is 1. The zero-order chi connectivity index (χ0) is 20.5. The minimum atomic E-state index is -0.463. The highest BCUT2D eigenvalue weighted by Crippen LogP contribution is 2.37. The third-order valence-corrected chi connectivity index (χ3v) is 4.51. The summed E-state index contributed by atoms with van der Waals surface area (Å²) in [4.78, 5) is 12.5. The molecular formula is C22H23BrN2O3. The molecule has 2 aromatic carbocycles. The summed E-state index contributed by atoms with van der Waals surface area (Å²) in [6, 6.07) is 13.0. The molecule has 0 atom stereocenters. The van der Waals surface area contributed by atoms with Crippen molar-refractivity contribution in [1.29, 1.82) is 5.26 Å². The van der Waals surface area contributed by atoms with Crippen molar-refractivity contribution in [1.82, 2.24) is 0 Å². The Kier molecular flexibility index (Phi) is 8.09. The normalized spacial score (nSPS) is 10.9. The minimum Gasteiger partial charge on any atom is -0.490 e. The zero-order valence-electron chi connectivity index (χ0n) is 16.2. The summed E-state index contributed by atoms with van der Waals surface area (Å²) in [5.41, 5.74) is 2.48. The van der Waals surface area contributed by atoms with Gasteiger partial charge in [-0.05, 0) is 77.7 Å². The van der Waals surface area contributed by atoms with Crippen molar-refractivity contribution in [3.63, 3.8) is 0 Å². The molecule has 2 aromatic rings. The van der Waals surface area contributed by atoms with Crippen LogP contribution in [0, 0.1) is 11.3 Å². The Morgan fingerprint density at radius 1 is 1.14 bits per heavy atom. The highest BCUT2D eigenvalue weighted by Gasteiger charge is 2.14. The number of nitriles is 1. The van der Waals surface area contributed by atoms with Gasteiger partial charge in [-0.1, -0.05) is 19.1 Å². The number of ether oxygens (including phenoxy) is 2. The van der Waals surface area contributed by atoms with Gasteiger partial charge in [0.25, 0.3) is 5.91 Å². The molecule has 0 unspecified atom stereocenters. The number of hydrogen-bond acceptors (Lipinski definition) is 4. The molecule has 0 aliphatic heterocycles. The van der Waals surface area contributed by atoms with Crippen molar-refractivity contribution in [2.24, 2.45) is 0 Å². The topological polar surface area (TPSA) is 71.3 Å². The number of carbonyl (C=O) groups excluding carboxylic acids is 1. The van der Waals surface area contributed by atoms with Crippen LogP contribution in [0.4, 0.5) is 5.69 Å². The van der Waals surface area contributed by atoms with Gasteiger partial charge in [-0.15, -0.1) is 0 Å². The molecule has 0 heterocycles. The van der Waals surface area contributed by atoms with E-state index in [4.69, 9.17) is 9.47 Å². The third kappa shape index (κ3) is 5.61.